The Morgan fingerprint density at radius 1 is 1.09 bits per heavy atom. The number of esters is 1. The predicted molar refractivity (Wildman–Crippen MR) is 74.3 cm³/mol. The van der Waals surface area contributed by atoms with Crippen LogP contribution in [0.5, 0.6) is 0 Å². The Morgan fingerprint density at radius 2 is 1.65 bits per heavy atom. The number of carbonyl (C=O) groups excluding carboxylic acids is 2. The second-order valence-electron chi connectivity index (χ2n) is 4.30. The Morgan fingerprint density at radius 3 is 2.13 bits per heavy atom. The molecule has 0 N–H and O–H groups in total. The van der Waals surface area contributed by atoms with E-state index >= 15 is 0 Å². The molecule has 0 amide bonds. The lowest BCUT2D eigenvalue weighted by atomic mass is 10.0. The number of Topliss-reactive ketones (excluding diaryl/α,β-unsaturated/α-hetero) is 1. The highest BCUT2D eigenvalue weighted by atomic mass is 19.4. The van der Waals surface area contributed by atoms with Crippen LogP contribution in [0.15, 0.2) is 29.8 Å². The Labute approximate surface area is 130 Å². The van der Waals surface area contributed by atoms with Crippen LogP contribution in [0.3, 0.4) is 0 Å². The van der Waals surface area contributed by atoms with Crippen LogP contribution in [-0.4, -0.2) is 39.4 Å². The maximum atomic E-state index is 13.0. The monoisotopic (exact) mass is 332 g/mol. The minimum absolute atomic E-state index is 0.347. The molecule has 0 saturated heterocycles. The molecule has 0 saturated carbocycles. The third kappa shape index (κ3) is 4.64. The molecular formula is C15H15F3O5. The zero-order chi connectivity index (χ0) is 17.6. The number of hydrogen-bond donors (Lipinski definition) is 0. The number of ether oxygens (including phenoxy) is 3. The van der Waals surface area contributed by atoms with E-state index in [-0.39, 0.29) is 5.56 Å². The van der Waals surface area contributed by atoms with Crippen LogP contribution in [0.4, 0.5) is 13.2 Å². The molecule has 1 aromatic rings. The normalized spacial score (nSPS) is 12.4. The molecule has 0 fully saturated rings. The maximum Gasteiger partial charge on any atom is 0.416 e. The maximum absolute atomic E-state index is 13.0. The molecule has 0 heterocycles. The second kappa shape index (κ2) is 7.89. The van der Waals surface area contributed by atoms with E-state index in [0.717, 1.165) is 39.5 Å². The van der Waals surface area contributed by atoms with Gasteiger partial charge in [0.05, 0.1) is 12.7 Å². The van der Waals surface area contributed by atoms with Gasteiger partial charge in [0.1, 0.15) is 5.57 Å². The molecule has 23 heavy (non-hydrogen) atoms. The van der Waals surface area contributed by atoms with E-state index in [0.29, 0.717) is 0 Å². The van der Waals surface area contributed by atoms with Gasteiger partial charge in [0.15, 0.2) is 0 Å². The minimum Gasteiger partial charge on any atom is -0.465 e. The molecule has 0 atom stereocenters. The van der Waals surface area contributed by atoms with Crippen molar-refractivity contribution in [2.75, 3.05) is 21.3 Å². The molecule has 0 spiro atoms. The fraction of sp³-hybridized carbons (Fsp3) is 0.333. The molecule has 5 nitrogen and oxygen atoms in total. The molecule has 1 aromatic carbocycles. The Hall–Kier alpha value is -2.19. The number of hydrogen-bond acceptors (Lipinski definition) is 5. The molecule has 0 aliphatic rings. The topological polar surface area (TPSA) is 61.8 Å². The summed E-state index contributed by atoms with van der Waals surface area (Å²) in [4.78, 5) is 23.9. The van der Waals surface area contributed by atoms with Crippen molar-refractivity contribution in [2.45, 2.75) is 12.5 Å². The zero-order valence-corrected chi connectivity index (χ0v) is 12.6. The van der Waals surface area contributed by atoms with Crippen LogP contribution in [-0.2, 0) is 30.0 Å². The number of rotatable bonds is 6. The highest BCUT2D eigenvalue weighted by molar-refractivity contribution is 6.21. The van der Waals surface area contributed by atoms with E-state index < -0.39 is 35.4 Å². The van der Waals surface area contributed by atoms with Gasteiger partial charge in [0.25, 0.3) is 0 Å². The standard InChI is InChI=1S/C15H15F3O5/c1-21-13(20)10(12(19)14(22-2)23-3)8-9-6-4-5-7-11(9)15(16,17)18/h4-8,14H,1-3H3/b10-8+. The first-order valence-electron chi connectivity index (χ1n) is 6.32. The summed E-state index contributed by atoms with van der Waals surface area (Å²) in [6.45, 7) is 0. The number of halogens is 3. The predicted octanol–water partition coefficient (Wildman–Crippen LogP) is 2.45. The van der Waals surface area contributed by atoms with Crippen LogP contribution < -0.4 is 0 Å². The van der Waals surface area contributed by atoms with Crippen molar-refractivity contribution < 1.29 is 37.0 Å². The van der Waals surface area contributed by atoms with Crippen molar-refractivity contribution in [3.8, 4) is 0 Å². The van der Waals surface area contributed by atoms with E-state index in [1.165, 1.54) is 12.1 Å². The molecule has 1 rings (SSSR count). The van der Waals surface area contributed by atoms with Gasteiger partial charge in [-0.15, -0.1) is 0 Å². The number of benzene rings is 1. The Kier molecular flexibility index (Phi) is 6.47. The molecule has 0 radical (unpaired) electrons. The molecular weight excluding hydrogens is 317 g/mol. The summed E-state index contributed by atoms with van der Waals surface area (Å²) < 4.78 is 52.9. The Balaban J connectivity index is 3.43. The van der Waals surface area contributed by atoms with E-state index in [2.05, 4.69) is 4.74 Å². The van der Waals surface area contributed by atoms with Gasteiger partial charge >= 0.3 is 12.1 Å². The average molecular weight is 332 g/mol. The van der Waals surface area contributed by atoms with Gasteiger partial charge in [-0.2, -0.15) is 13.2 Å². The van der Waals surface area contributed by atoms with Gasteiger partial charge in [-0.05, 0) is 17.7 Å². The lowest BCUT2D eigenvalue weighted by molar-refractivity contribution is -0.155. The van der Waals surface area contributed by atoms with Crippen LogP contribution >= 0.6 is 0 Å². The van der Waals surface area contributed by atoms with Crippen molar-refractivity contribution in [3.05, 3.63) is 41.0 Å². The zero-order valence-electron chi connectivity index (χ0n) is 12.6. The summed E-state index contributed by atoms with van der Waals surface area (Å²) in [7, 11) is 3.32. The van der Waals surface area contributed by atoms with Gasteiger partial charge in [-0.25, -0.2) is 4.79 Å². The number of methoxy groups -OCH3 is 3. The smallest absolute Gasteiger partial charge is 0.416 e. The van der Waals surface area contributed by atoms with E-state index in [4.69, 9.17) is 9.47 Å². The molecule has 0 aliphatic carbocycles. The van der Waals surface area contributed by atoms with Crippen LogP contribution in [0.2, 0.25) is 0 Å². The van der Waals surface area contributed by atoms with E-state index in [9.17, 15) is 22.8 Å². The van der Waals surface area contributed by atoms with Crippen molar-refractivity contribution in [1.82, 2.24) is 0 Å². The highest BCUT2D eigenvalue weighted by Gasteiger charge is 2.34. The quantitative estimate of drug-likeness (QED) is 0.263. The third-order valence-electron chi connectivity index (χ3n) is 2.88. The van der Waals surface area contributed by atoms with E-state index in [1.54, 1.807) is 0 Å². The lowest BCUT2D eigenvalue weighted by Crippen LogP contribution is -2.30. The lowest BCUT2D eigenvalue weighted by Gasteiger charge is -2.14. The first kappa shape index (κ1) is 18.9. The summed E-state index contributed by atoms with van der Waals surface area (Å²) in [5.41, 5.74) is -1.95. The van der Waals surface area contributed by atoms with Gasteiger partial charge in [-0.1, -0.05) is 18.2 Å². The van der Waals surface area contributed by atoms with Crippen LogP contribution in [0.25, 0.3) is 6.08 Å². The summed E-state index contributed by atoms with van der Waals surface area (Å²) >= 11 is 0. The van der Waals surface area contributed by atoms with Gasteiger partial charge in [0, 0.05) is 14.2 Å². The number of ketones is 1. The molecule has 0 unspecified atom stereocenters. The van der Waals surface area contributed by atoms with Crippen molar-refractivity contribution in [1.29, 1.82) is 0 Å². The third-order valence-corrected chi connectivity index (χ3v) is 2.88. The van der Waals surface area contributed by atoms with E-state index in [1.807, 2.05) is 0 Å². The fourth-order valence-corrected chi connectivity index (χ4v) is 1.81. The van der Waals surface area contributed by atoms with Crippen LogP contribution in [0.1, 0.15) is 11.1 Å². The van der Waals surface area contributed by atoms with Gasteiger partial charge in [0.2, 0.25) is 12.1 Å². The fourth-order valence-electron chi connectivity index (χ4n) is 1.81. The number of carbonyl (C=O) groups is 2. The van der Waals surface area contributed by atoms with Crippen molar-refractivity contribution in [3.63, 3.8) is 0 Å². The van der Waals surface area contributed by atoms with Crippen molar-refractivity contribution >= 4 is 17.8 Å². The average Bonchev–Trinajstić information content (AvgIpc) is 2.52. The largest absolute Gasteiger partial charge is 0.465 e. The van der Waals surface area contributed by atoms with Crippen molar-refractivity contribution in [2.24, 2.45) is 0 Å². The first-order chi connectivity index (χ1) is 10.8. The molecule has 0 bridgehead atoms. The minimum atomic E-state index is -4.64. The summed E-state index contributed by atoms with van der Waals surface area (Å²) in [6, 6.07) is 4.53. The number of alkyl halides is 3. The van der Waals surface area contributed by atoms with Gasteiger partial charge in [-0.3, -0.25) is 4.79 Å². The molecule has 0 aliphatic heterocycles. The summed E-state index contributed by atoms with van der Waals surface area (Å²) in [6.07, 6.45) is -5.26. The molecule has 0 aromatic heterocycles. The van der Waals surface area contributed by atoms with Crippen LogP contribution in [0, 0.1) is 0 Å². The first-order valence-corrected chi connectivity index (χ1v) is 6.32. The summed E-state index contributed by atoms with van der Waals surface area (Å²) in [5, 5.41) is 0. The second-order valence-corrected chi connectivity index (χ2v) is 4.30. The SMILES string of the molecule is COC(=O)/C(=C/c1ccccc1C(F)(F)F)C(=O)C(OC)OC. The molecule has 126 valence electrons. The highest BCUT2D eigenvalue weighted by Crippen LogP contribution is 2.33. The molecule has 8 heteroatoms. The Bertz CT molecular complexity index is 603. The van der Waals surface area contributed by atoms with Gasteiger partial charge < -0.3 is 14.2 Å². The summed E-state index contributed by atoms with van der Waals surface area (Å²) in [5.74, 6) is -2.04.